The van der Waals surface area contributed by atoms with Crippen LogP contribution >= 0.6 is 34.7 Å². The lowest BCUT2D eigenvalue weighted by Gasteiger charge is -2.21. The molecule has 136 valence electrons. The van der Waals surface area contributed by atoms with Crippen LogP contribution in [0.5, 0.6) is 0 Å². The van der Waals surface area contributed by atoms with Crippen molar-refractivity contribution in [2.45, 2.75) is 36.5 Å². The van der Waals surface area contributed by atoms with Crippen molar-refractivity contribution in [2.24, 2.45) is 0 Å². The summed E-state index contributed by atoms with van der Waals surface area (Å²) in [5.74, 6) is 0.879. The maximum atomic E-state index is 12.7. The fourth-order valence-electron chi connectivity index (χ4n) is 3.02. The zero-order valence-corrected chi connectivity index (χ0v) is 16.6. The molecule has 26 heavy (non-hydrogen) atoms. The first-order valence-corrected chi connectivity index (χ1v) is 10.7. The molecule has 1 aliphatic rings. The lowest BCUT2D eigenvalue weighted by atomic mass is 10.3. The van der Waals surface area contributed by atoms with Gasteiger partial charge in [0.2, 0.25) is 5.91 Å². The Morgan fingerprint density at radius 1 is 1.27 bits per heavy atom. The molecule has 1 atom stereocenters. The van der Waals surface area contributed by atoms with E-state index in [-0.39, 0.29) is 11.2 Å². The third-order valence-corrected chi connectivity index (χ3v) is 6.86. The SMILES string of the molecule is CC[C@@H](Sc1ccc2nnc(-c3ccc(Cl)s3)n2n1)C(=O)N1CCCC1. The number of halogens is 1. The van der Waals surface area contributed by atoms with Crippen LogP contribution in [0.2, 0.25) is 4.34 Å². The standard InChI is InChI=1S/C17H18ClN5OS2/c1-2-11(17(24)22-9-3-4-10-22)26-15-8-7-14-19-20-16(23(14)21-15)12-5-6-13(18)25-12/h5-8,11H,2-4,9-10H2,1H3/t11-/m1/s1. The van der Waals surface area contributed by atoms with Gasteiger partial charge >= 0.3 is 0 Å². The van der Waals surface area contributed by atoms with Crippen LogP contribution in [0.15, 0.2) is 29.3 Å². The van der Waals surface area contributed by atoms with Crippen molar-refractivity contribution < 1.29 is 4.79 Å². The molecule has 1 amide bonds. The van der Waals surface area contributed by atoms with E-state index in [1.165, 1.54) is 23.1 Å². The van der Waals surface area contributed by atoms with Crippen molar-refractivity contribution in [2.75, 3.05) is 13.1 Å². The van der Waals surface area contributed by atoms with Gasteiger partial charge in [-0.2, -0.15) is 9.61 Å². The monoisotopic (exact) mass is 407 g/mol. The summed E-state index contributed by atoms with van der Waals surface area (Å²) in [5, 5.41) is 13.7. The van der Waals surface area contributed by atoms with Gasteiger partial charge in [-0.25, -0.2) is 0 Å². The van der Waals surface area contributed by atoms with Crippen LogP contribution in [0.1, 0.15) is 26.2 Å². The molecule has 9 heteroatoms. The van der Waals surface area contributed by atoms with Crippen molar-refractivity contribution in [3.05, 3.63) is 28.6 Å². The van der Waals surface area contributed by atoms with Gasteiger partial charge in [0, 0.05) is 13.1 Å². The number of amides is 1. The summed E-state index contributed by atoms with van der Waals surface area (Å²) in [6, 6.07) is 7.54. The van der Waals surface area contributed by atoms with E-state index in [4.69, 9.17) is 11.6 Å². The van der Waals surface area contributed by atoms with Crippen molar-refractivity contribution in [3.8, 4) is 10.7 Å². The van der Waals surface area contributed by atoms with E-state index in [0.29, 0.717) is 15.8 Å². The maximum Gasteiger partial charge on any atom is 0.236 e. The molecule has 1 saturated heterocycles. The number of nitrogens with zero attached hydrogens (tertiary/aromatic N) is 5. The Hall–Kier alpha value is -1.64. The quantitative estimate of drug-likeness (QED) is 0.598. The summed E-state index contributed by atoms with van der Waals surface area (Å²) >= 11 is 8.99. The highest BCUT2D eigenvalue weighted by atomic mass is 35.5. The first kappa shape index (κ1) is 17.8. The number of carbonyl (C=O) groups excluding carboxylic acids is 1. The number of likely N-dealkylation sites (tertiary alicyclic amines) is 1. The largest absolute Gasteiger partial charge is 0.342 e. The van der Waals surface area contributed by atoms with Crippen LogP contribution < -0.4 is 0 Å². The molecule has 0 spiro atoms. The average Bonchev–Trinajstić information content (AvgIpc) is 3.39. The van der Waals surface area contributed by atoms with Crippen molar-refractivity contribution in [1.82, 2.24) is 24.7 Å². The number of fused-ring (bicyclic) bond motifs is 1. The minimum Gasteiger partial charge on any atom is -0.342 e. The van der Waals surface area contributed by atoms with Gasteiger partial charge in [0.05, 0.1) is 14.5 Å². The first-order valence-electron chi connectivity index (χ1n) is 8.59. The molecule has 0 radical (unpaired) electrons. The Balaban J connectivity index is 1.61. The second-order valence-electron chi connectivity index (χ2n) is 6.12. The molecular weight excluding hydrogens is 390 g/mol. The Morgan fingerprint density at radius 3 is 2.77 bits per heavy atom. The molecular formula is C17H18ClN5OS2. The number of rotatable bonds is 5. The molecule has 0 saturated carbocycles. The van der Waals surface area contributed by atoms with Gasteiger partial charge in [-0.15, -0.1) is 21.5 Å². The third kappa shape index (κ3) is 3.45. The van der Waals surface area contributed by atoms with E-state index in [1.807, 2.05) is 36.1 Å². The van der Waals surface area contributed by atoms with Crippen LogP contribution in [-0.4, -0.2) is 49.0 Å². The van der Waals surface area contributed by atoms with Crippen LogP contribution in [-0.2, 0) is 4.79 Å². The van der Waals surface area contributed by atoms with E-state index in [1.54, 1.807) is 4.52 Å². The predicted octanol–water partition coefficient (Wildman–Crippen LogP) is 4.00. The molecule has 6 nitrogen and oxygen atoms in total. The van der Waals surface area contributed by atoms with Gasteiger partial charge in [0.25, 0.3) is 0 Å². The van der Waals surface area contributed by atoms with Crippen molar-refractivity contribution >= 4 is 46.3 Å². The van der Waals surface area contributed by atoms with E-state index in [2.05, 4.69) is 15.3 Å². The fraction of sp³-hybridized carbons (Fsp3) is 0.412. The summed E-state index contributed by atoms with van der Waals surface area (Å²) in [6.45, 7) is 3.79. The summed E-state index contributed by atoms with van der Waals surface area (Å²) in [5.41, 5.74) is 0.674. The Labute approximate surface area is 164 Å². The van der Waals surface area contributed by atoms with Crippen molar-refractivity contribution in [3.63, 3.8) is 0 Å². The molecule has 4 rings (SSSR count). The van der Waals surface area contributed by atoms with E-state index in [0.717, 1.165) is 42.3 Å². The highest BCUT2D eigenvalue weighted by molar-refractivity contribution is 8.00. The molecule has 4 heterocycles. The van der Waals surface area contributed by atoms with Gasteiger partial charge in [-0.05, 0) is 43.5 Å². The van der Waals surface area contributed by atoms with Gasteiger partial charge in [-0.1, -0.05) is 30.3 Å². The predicted molar refractivity (Wildman–Crippen MR) is 105 cm³/mol. The number of aromatic nitrogens is 4. The minimum absolute atomic E-state index is 0.117. The summed E-state index contributed by atoms with van der Waals surface area (Å²) in [7, 11) is 0. The van der Waals surface area contributed by atoms with Gasteiger partial charge in [0.1, 0.15) is 5.03 Å². The van der Waals surface area contributed by atoms with Crippen LogP contribution in [0.4, 0.5) is 0 Å². The Morgan fingerprint density at radius 2 is 2.08 bits per heavy atom. The molecule has 3 aromatic heterocycles. The summed E-state index contributed by atoms with van der Waals surface area (Å²) in [6.07, 6.45) is 2.98. The van der Waals surface area contributed by atoms with Crippen LogP contribution in [0.25, 0.3) is 16.3 Å². The number of carbonyl (C=O) groups is 1. The molecule has 0 unspecified atom stereocenters. The lowest BCUT2D eigenvalue weighted by molar-refractivity contribution is -0.129. The molecule has 1 fully saturated rings. The number of thioether (sulfide) groups is 1. The summed E-state index contributed by atoms with van der Waals surface area (Å²) in [4.78, 5) is 15.6. The van der Waals surface area contributed by atoms with E-state index >= 15 is 0 Å². The second kappa shape index (κ2) is 7.54. The zero-order valence-electron chi connectivity index (χ0n) is 14.3. The first-order chi connectivity index (χ1) is 12.7. The smallest absolute Gasteiger partial charge is 0.236 e. The van der Waals surface area contributed by atoms with Gasteiger partial charge < -0.3 is 4.90 Å². The highest BCUT2D eigenvalue weighted by Crippen LogP contribution is 2.31. The fourth-order valence-corrected chi connectivity index (χ4v) is 5.01. The molecule has 3 aromatic rings. The molecule has 0 N–H and O–H groups in total. The second-order valence-corrected chi connectivity index (χ2v) is 9.05. The average molecular weight is 408 g/mol. The molecule has 0 aromatic carbocycles. The normalized spacial score (nSPS) is 15.7. The number of thiophene rings is 1. The summed E-state index contributed by atoms with van der Waals surface area (Å²) < 4.78 is 2.42. The Kier molecular flexibility index (Phi) is 5.15. The topological polar surface area (TPSA) is 63.4 Å². The molecule has 1 aliphatic heterocycles. The van der Waals surface area contributed by atoms with Gasteiger partial charge in [0.15, 0.2) is 11.5 Å². The van der Waals surface area contributed by atoms with Crippen LogP contribution in [0, 0.1) is 0 Å². The number of hydrogen-bond acceptors (Lipinski definition) is 6. The minimum atomic E-state index is -0.117. The lowest BCUT2D eigenvalue weighted by Crippen LogP contribution is -2.35. The van der Waals surface area contributed by atoms with E-state index in [9.17, 15) is 4.79 Å². The van der Waals surface area contributed by atoms with Crippen molar-refractivity contribution in [1.29, 1.82) is 0 Å². The third-order valence-electron chi connectivity index (χ3n) is 4.36. The van der Waals surface area contributed by atoms with Gasteiger partial charge in [-0.3, -0.25) is 4.79 Å². The highest BCUT2D eigenvalue weighted by Gasteiger charge is 2.26. The molecule has 0 bridgehead atoms. The number of hydrogen-bond donors (Lipinski definition) is 0. The van der Waals surface area contributed by atoms with E-state index < -0.39 is 0 Å². The maximum absolute atomic E-state index is 12.7. The Bertz CT molecular complexity index is 934. The van der Waals surface area contributed by atoms with Crippen LogP contribution in [0.3, 0.4) is 0 Å². The zero-order chi connectivity index (χ0) is 18.1. The molecule has 0 aliphatic carbocycles.